The monoisotopic (exact) mass is 512 g/mol. The lowest BCUT2D eigenvalue weighted by atomic mass is 10.0. The van der Waals surface area contributed by atoms with Gasteiger partial charge in [0.05, 0.1) is 5.52 Å². The van der Waals surface area contributed by atoms with E-state index in [1.54, 1.807) is 23.2 Å². The fraction of sp³-hybridized carbons (Fsp3) is 0.300. The molecule has 0 spiro atoms. The van der Waals surface area contributed by atoms with Crippen molar-refractivity contribution in [2.45, 2.75) is 32.4 Å². The molecule has 2 heterocycles. The second-order valence-corrected chi connectivity index (χ2v) is 10.5. The normalized spacial score (nSPS) is 14.9. The molecule has 0 aliphatic carbocycles. The highest BCUT2D eigenvalue weighted by molar-refractivity contribution is 5.85. The van der Waals surface area contributed by atoms with E-state index in [1.165, 1.54) is 4.68 Å². The summed E-state index contributed by atoms with van der Waals surface area (Å²) in [6.07, 6.45) is 1.54. The number of rotatable bonds is 5. The standard InChI is InChI=1S/C30H32N4O4/c1-30(2,3)38-29(37)33-17-15-32(16-18-33)25-12-9-21(10-13-25)23-11-14-26-24(19-23)20-34(31-26)27(28(35)36)22-7-5-4-6-8-22/h4-14,19-20,27H,15-18H2,1-3H3,(H,35,36). The predicted octanol–water partition coefficient (Wildman–Crippen LogP) is 5.43. The van der Waals surface area contributed by atoms with Crippen LogP contribution in [0.15, 0.2) is 79.0 Å². The summed E-state index contributed by atoms with van der Waals surface area (Å²) in [7, 11) is 0. The number of aromatic nitrogens is 2. The molecule has 0 radical (unpaired) electrons. The molecular formula is C30H32N4O4. The molecule has 8 heteroatoms. The lowest BCUT2D eigenvalue weighted by Gasteiger charge is -2.36. The number of benzene rings is 3. The van der Waals surface area contributed by atoms with Crippen LogP contribution in [-0.2, 0) is 9.53 Å². The van der Waals surface area contributed by atoms with Crippen LogP contribution in [0.5, 0.6) is 0 Å². The molecule has 0 saturated carbocycles. The minimum absolute atomic E-state index is 0.260. The smallest absolute Gasteiger partial charge is 0.410 e. The van der Waals surface area contributed by atoms with Gasteiger partial charge in [-0.05, 0) is 61.7 Å². The number of piperazine rings is 1. The highest BCUT2D eigenvalue weighted by atomic mass is 16.6. The first-order valence-electron chi connectivity index (χ1n) is 12.8. The fourth-order valence-electron chi connectivity index (χ4n) is 4.74. The zero-order chi connectivity index (χ0) is 26.9. The molecule has 1 atom stereocenters. The van der Waals surface area contributed by atoms with E-state index in [4.69, 9.17) is 4.74 Å². The van der Waals surface area contributed by atoms with Crippen LogP contribution in [0.4, 0.5) is 10.5 Å². The maximum Gasteiger partial charge on any atom is 0.410 e. The first-order chi connectivity index (χ1) is 18.2. The van der Waals surface area contributed by atoms with Gasteiger partial charge < -0.3 is 19.6 Å². The molecule has 1 aliphatic rings. The van der Waals surface area contributed by atoms with Gasteiger partial charge in [-0.2, -0.15) is 5.10 Å². The maximum absolute atomic E-state index is 12.3. The third-order valence-electron chi connectivity index (χ3n) is 6.63. The summed E-state index contributed by atoms with van der Waals surface area (Å²) in [5.41, 5.74) is 4.13. The van der Waals surface area contributed by atoms with Gasteiger partial charge in [-0.25, -0.2) is 9.59 Å². The Labute approximate surface area is 222 Å². The molecule has 1 saturated heterocycles. The largest absolute Gasteiger partial charge is 0.479 e. The average Bonchev–Trinajstić information content (AvgIpc) is 3.31. The molecule has 38 heavy (non-hydrogen) atoms. The molecule has 1 fully saturated rings. The topological polar surface area (TPSA) is 87.9 Å². The Kier molecular flexibility index (Phi) is 6.80. The predicted molar refractivity (Wildman–Crippen MR) is 147 cm³/mol. The molecule has 1 aliphatic heterocycles. The number of hydrogen-bond acceptors (Lipinski definition) is 5. The van der Waals surface area contributed by atoms with E-state index in [1.807, 2.05) is 57.2 Å². The molecule has 1 N–H and O–H groups in total. The van der Waals surface area contributed by atoms with Crippen LogP contribution in [0.2, 0.25) is 0 Å². The minimum atomic E-state index is -0.952. The van der Waals surface area contributed by atoms with Crippen LogP contribution in [-0.4, -0.2) is 63.6 Å². The van der Waals surface area contributed by atoms with E-state index in [2.05, 4.69) is 34.3 Å². The van der Waals surface area contributed by atoms with Crippen LogP contribution in [0.3, 0.4) is 0 Å². The number of amides is 1. The number of nitrogens with zero attached hydrogens (tertiary/aromatic N) is 4. The number of fused-ring (bicyclic) bond motifs is 1. The van der Waals surface area contributed by atoms with Crippen molar-refractivity contribution in [3.05, 3.63) is 84.6 Å². The van der Waals surface area contributed by atoms with Crippen LogP contribution >= 0.6 is 0 Å². The Morgan fingerprint density at radius 2 is 1.55 bits per heavy atom. The van der Waals surface area contributed by atoms with E-state index >= 15 is 0 Å². The second-order valence-electron chi connectivity index (χ2n) is 10.5. The summed E-state index contributed by atoms with van der Waals surface area (Å²) >= 11 is 0. The molecule has 3 aromatic carbocycles. The molecule has 8 nitrogen and oxygen atoms in total. The van der Waals surface area contributed by atoms with E-state index in [0.29, 0.717) is 18.7 Å². The van der Waals surface area contributed by atoms with Crippen LogP contribution in [0, 0.1) is 0 Å². The number of carboxylic acid groups (broad SMARTS) is 1. The molecule has 4 aromatic rings. The van der Waals surface area contributed by atoms with Crippen molar-refractivity contribution in [3.63, 3.8) is 0 Å². The second kappa shape index (κ2) is 10.2. The summed E-state index contributed by atoms with van der Waals surface area (Å²) in [5.74, 6) is -0.952. The third-order valence-corrected chi connectivity index (χ3v) is 6.63. The maximum atomic E-state index is 12.3. The highest BCUT2D eigenvalue weighted by Crippen LogP contribution is 2.28. The number of carbonyl (C=O) groups is 2. The van der Waals surface area contributed by atoms with Crippen molar-refractivity contribution < 1.29 is 19.4 Å². The van der Waals surface area contributed by atoms with Crippen molar-refractivity contribution in [2.24, 2.45) is 0 Å². The van der Waals surface area contributed by atoms with Gasteiger partial charge in [0.25, 0.3) is 0 Å². The van der Waals surface area contributed by atoms with E-state index in [-0.39, 0.29) is 6.09 Å². The Balaban J connectivity index is 1.29. The number of aliphatic carboxylic acids is 1. The summed E-state index contributed by atoms with van der Waals surface area (Å²) in [6.45, 7) is 8.37. The Bertz CT molecular complexity index is 1430. The molecule has 5 rings (SSSR count). The number of ether oxygens (including phenoxy) is 1. The molecule has 0 bridgehead atoms. The lowest BCUT2D eigenvalue weighted by Crippen LogP contribution is -2.50. The Morgan fingerprint density at radius 1 is 0.895 bits per heavy atom. The zero-order valence-corrected chi connectivity index (χ0v) is 21.9. The van der Waals surface area contributed by atoms with Gasteiger partial charge in [-0.3, -0.25) is 4.68 Å². The summed E-state index contributed by atoms with van der Waals surface area (Å²) in [6, 6.07) is 22.6. The van der Waals surface area contributed by atoms with Crippen molar-refractivity contribution in [1.82, 2.24) is 14.7 Å². The van der Waals surface area contributed by atoms with Gasteiger partial charge in [0.1, 0.15) is 5.60 Å². The molecule has 1 amide bonds. The average molecular weight is 513 g/mol. The summed E-state index contributed by atoms with van der Waals surface area (Å²) in [5, 5.41) is 15.3. The van der Waals surface area contributed by atoms with E-state index in [0.717, 1.165) is 40.8 Å². The van der Waals surface area contributed by atoms with Gasteiger partial charge in [0, 0.05) is 43.4 Å². The quantitative estimate of drug-likeness (QED) is 0.383. The zero-order valence-electron chi connectivity index (χ0n) is 21.9. The highest BCUT2D eigenvalue weighted by Gasteiger charge is 2.26. The van der Waals surface area contributed by atoms with Crippen molar-refractivity contribution in [1.29, 1.82) is 0 Å². The third kappa shape index (κ3) is 5.49. The van der Waals surface area contributed by atoms with Gasteiger partial charge in [0.15, 0.2) is 6.04 Å². The van der Waals surface area contributed by atoms with Gasteiger partial charge in [-0.15, -0.1) is 0 Å². The minimum Gasteiger partial charge on any atom is -0.479 e. The Morgan fingerprint density at radius 3 is 2.18 bits per heavy atom. The van der Waals surface area contributed by atoms with Crippen LogP contribution < -0.4 is 4.90 Å². The molecule has 196 valence electrons. The first-order valence-corrected chi connectivity index (χ1v) is 12.8. The van der Waals surface area contributed by atoms with E-state index in [9.17, 15) is 14.7 Å². The van der Waals surface area contributed by atoms with Gasteiger partial charge >= 0.3 is 12.1 Å². The first kappa shape index (κ1) is 25.3. The van der Waals surface area contributed by atoms with Crippen LogP contribution in [0.1, 0.15) is 32.4 Å². The van der Waals surface area contributed by atoms with Crippen molar-refractivity contribution in [3.8, 4) is 11.1 Å². The SMILES string of the molecule is CC(C)(C)OC(=O)N1CCN(c2ccc(-c3ccc4nn(C(C(=O)O)c5ccccc5)cc4c3)cc2)CC1. The van der Waals surface area contributed by atoms with Gasteiger partial charge in [0.2, 0.25) is 0 Å². The molecule has 1 aromatic heterocycles. The van der Waals surface area contributed by atoms with Crippen LogP contribution in [0.25, 0.3) is 22.0 Å². The molecular weight excluding hydrogens is 480 g/mol. The molecule has 1 unspecified atom stereocenters. The number of carbonyl (C=O) groups excluding carboxylic acids is 1. The van der Waals surface area contributed by atoms with Gasteiger partial charge in [-0.1, -0.05) is 48.5 Å². The lowest BCUT2D eigenvalue weighted by molar-refractivity contribution is -0.139. The summed E-state index contributed by atoms with van der Waals surface area (Å²) in [4.78, 5) is 28.4. The van der Waals surface area contributed by atoms with Crippen molar-refractivity contribution in [2.75, 3.05) is 31.1 Å². The fourth-order valence-corrected chi connectivity index (χ4v) is 4.74. The number of anilines is 1. The number of hydrogen-bond donors (Lipinski definition) is 1. The Hall–Kier alpha value is -4.33. The summed E-state index contributed by atoms with van der Waals surface area (Å²) < 4.78 is 7.02. The van der Waals surface area contributed by atoms with Crippen molar-refractivity contribution >= 4 is 28.7 Å². The van der Waals surface area contributed by atoms with E-state index < -0.39 is 17.6 Å². The number of carboxylic acids is 1.